The van der Waals surface area contributed by atoms with Crippen LogP contribution in [0.3, 0.4) is 0 Å². The third-order valence-electron chi connectivity index (χ3n) is 1.82. The maximum Gasteiger partial charge on any atom is 0.416 e. The van der Waals surface area contributed by atoms with E-state index in [0.717, 1.165) is 6.07 Å². The monoisotopic (exact) mass is 258 g/mol. The molecule has 0 fully saturated rings. The number of hydrogen-bond donors (Lipinski definition) is 1. The fraction of sp³-hybridized carbons (Fsp3) is 0.333. The second-order valence-electron chi connectivity index (χ2n) is 3.02. The summed E-state index contributed by atoms with van der Waals surface area (Å²) in [6, 6.07) is 1.91. The molecule has 15 heavy (non-hydrogen) atoms. The Morgan fingerprint density at radius 2 is 1.80 bits per heavy atom. The van der Waals surface area contributed by atoms with Crippen molar-refractivity contribution in [2.24, 2.45) is 0 Å². The molecule has 0 heterocycles. The van der Waals surface area contributed by atoms with E-state index in [4.69, 9.17) is 23.2 Å². The molecule has 0 aromatic heterocycles. The van der Waals surface area contributed by atoms with Gasteiger partial charge in [0, 0.05) is 15.6 Å². The summed E-state index contributed by atoms with van der Waals surface area (Å²) < 4.78 is 37.6. The minimum atomic E-state index is -4.58. The third kappa shape index (κ3) is 2.77. The molecule has 1 atom stereocenters. The molecule has 0 aliphatic heterocycles. The molecule has 1 unspecified atom stereocenters. The smallest absolute Gasteiger partial charge is 0.389 e. The van der Waals surface area contributed by atoms with Gasteiger partial charge in [-0.3, -0.25) is 0 Å². The molecule has 1 N–H and O–H groups in total. The van der Waals surface area contributed by atoms with Crippen molar-refractivity contribution in [1.29, 1.82) is 0 Å². The van der Waals surface area contributed by atoms with Gasteiger partial charge in [0.15, 0.2) is 0 Å². The van der Waals surface area contributed by atoms with Gasteiger partial charge in [-0.05, 0) is 19.1 Å². The lowest BCUT2D eigenvalue weighted by Crippen LogP contribution is -2.11. The molecular weight excluding hydrogens is 252 g/mol. The molecule has 0 aliphatic rings. The van der Waals surface area contributed by atoms with Crippen molar-refractivity contribution in [1.82, 2.24) is 0 Å². The maximum absolute atomic E-state index is 12.5. The van der Waals surface area contributed by atoms with E-state index in [1.165, 1.54) is 13.0 Å². The first-order chi connectivity index (χ1) is 6.73. The van der Waals surface area contributed by atoms with E-state index < -0.39 is 17.8 Å². The molecule has 6 heteroatoms. The molecule has 1 aromatic rings. The lowest BCUT2D eigenvalue weighted by molar-refractivity contribution is -0.139. The van der Waals surface area contributed by atoms with E-state index in [0.29, 0.717) is 0 Å². The van der Waals surface area contributed by atoms with Crippen LogP contribution in [0.5, 0.6) is 0 Å². The maximum atomic E-state index is 12.5. The number of halogens is 5. The third-order valence-corrected chi connectivity index (χ3v) is 2.35. The van der Waals surface area contributed by atoms with Gasteiger partial charge < -0.3 is 5.11 Å². The minimum absolute atomic E-state index is 0.114. The zero-order valence-corrected chi connectivity index (χ0v) is 9.08. The molecular formula is C9H7Cl2F3O. The summed E-state index contributed by atoms with van der Waals surface area (Å²) in [5, 5.41) is 8.91. The van der Waals surface area contributed by atoms with Crippen molar-refractivity contribution < 1.29 is 18.3 Å². The average molecular weight is 259 g/mol. The van der Waals surface area contributed by atoms with Gasteiger partial charge >= 0.3 is 6.18 Å². The van der Waals surface area contributed by atoms with Gasteiger partial charge in [-0.1, -0.05) is 23.2 Å². The number of alkyl halides is 3. The van der Waals surface area contributed by atoms with Crippen LogP contribution >= 0.6 is 23.2 Å². The number of aliphatic hydroxyl groups excluding tert-OH is 1. The van der Waals surface area contributed by atoms with Gasteiger partial charge in [0.25, 0.3) is 0 Å². The standard InChI is InChI=1S/C9H7Cl2F3O/c1-4(15)8-6(9(12,13)14)2-5(10)3-7(8)11/h2-4,15H,1H3. The lowest BCUT2D eigenvalue weighted by atomic mass is 10.0. The van der Waals surface area contributed by atoms with E-state index in [-0.39, 0.29) is 15.6 Å². The van der Waals surface area contributed by atoms with Crippen LogP contribution in [0.1, 0.15) is 24.2 Å². The molecule has 0 aliphatic carbocycles. The van der Waals surface area contributed by atoms with Gasteiger partial charge in [0.2, 0.25) is 0 Å². The van der Waals surface area contributed by atoms with Crippen LogP contribution < -0.4 is 0 Å². The predicted octanol–water partition coefficient (Wildman–Crippen LogP) is 4.07. The molecule has 84 valence electrons. The first-order valence-corrected chi connectivity index (χ1v) is 4.73. The first-order valence-electron chi connectivity index (χ1n) is 3.97. The van der Waals surface area contributed by atoms with Gasteiger partial charge in [-0.2, -0.15) is 13.2 Å². The molecule has 0 saturated heterocycles. The Labute approximate surface area is 94.4 Å². The van der Waals surface area contributed by atoms with Crippen LogP contribution in [-0.2, 0) is 6.18 Å². The van der Waals surface area contributed by atoms with Crippen molar-refractivity contribution in [3.8, 4) is 0 Å². The molecule has 1 aromatic carbocycles. The number of benzene rings is 1. The highest BCUT2D eigenvalue weighted by atomic mass is 35.5. The fourth-order valence-corrected chi connectivity index (χ4v) is 1.90. The van der Waals surface area contributed by atoms with E-state index in [1.54, 1.807) is 0 Å². The quantitative estimate of drug-likeness (QED) is 0.806. The molecule has 1 nitrogen and oxygen atoms in total. The Hall–Kier alpha value is -0.450. The molecule has 0 saturated carbocycles. The Kier molecular flexibility index (Phi) is 3.53. The van der Waals surface area contributed by atoms with Crippen LogP contribution in [-0.4, -0.2) is 5.11 Å². The van der Waals surface area contributed by atoms with Crippen LogP contribution in [0.25, 0.3) is 0 Å². The van der Waals surface area contributed by atoms with E-state index >= 15 is 0 Å². The van der Waals surface area contributed by atoms with Crippen LogP contribution in [0, 0.1) is 0 Å². The molecule has 0 bridgehead atoms. The SMILES string of the molecule is CC(O)c1c(Cl)cc(Cl)cc1C(F)(F)F. The first kappa shape index (κ1) is 12.6. The molecule has 0 amide bonds. The largest absolute Gasteiger partial charge is 0.416 e. The number of aliphatic hydroxyl groups is 1. The zero-order chi connectivity index (χ0) is 11.8. The summed E-state index contributed by atoms with van der Waals surface area (Å²) in [5.41, 5.74) is -1.36. The Balaban J connectivity index is 3.47. The molecule has 0 radical (unpaired) electrons. The highest BCUT2D eigenvalue weighted by Crippen LogP contribution is 2.39. The van der Waals surface area contributed by atoms with Crippen molar-refractivity contribution in [2.45, 2.75) is 19.2 Å². The fourth-order valence-electron chi connectivity index (χ4n) is 1.24. The average Bonchev–Trinajstić information content (AvgIpc) is 1.99. The van der Waals surface area contributed by atoms with Gasteiger partial charge in [-0.25, -0.2) is 0 Å². The van der Waals surface area contributed by atoms with Gasteiger partial charge in [0.05, 0.1) is 11.7 Å². The van der Waals surface area contributed by atoms with Gasteiger partial charge in [-0.15, -0.1) is 0 Å². The molecule has 1 rings (SSSR count). The predicted molar refractivity (Wildman–Crippen MR) is 52.1 cm³/mol. The second-order valence-corrected chi connectivity index (χ2v) is 3.87. The Bertz CT molecular complexity index is 374. The van der Waals surface area contributed by atoms with Crippen molar-refractivity contribution in [2.75, 3.05) is 0 Å². The Morgan fingerprint density at radius 1 is 1.27 bits per heavy atom. The summed E-state index contributed by atoms with van der Waals surface area (Å²) in [5.74, 6) is 0. The Morgan fingerprint density at radius 3 is 2.20 bits per heavy atom. The van der Waals surface area contributed by atoms with Crippen molar-refractivity contribution >= 4 is 23.2 Å². The van der Waals surface area contributed by atoms with Crippen molar-refractivity contribution in [3.05, 3.63) is 33.3 Å². The van der Waals surface area contributed by atoms with Gasteiger partial charge in [0.1, 0.15) is 0 Å². The summed E-state index contributed by atoms with van der Waals surface area (Å²) in [6.45, 7) is 1.21. The highest BCUT2D eigenvalue weighted by Gasteiger charge is 2.35. The summed E-state index contributed by atoms with van der Waals surface area (Å²) in [4.78, 5) is 0. The van der Waals surface area contributed by atoms with E-state index in [2.05, 4.69) is 0 Å². The van der Waals surface area contributed by atoms with Crippen LogP contribution in [0.2, 0.25) is 10.0 Å². The minimum Gasteiger partial charge on any atom is -0.389 e. The van der Waals surface area contributed by atoms with E-state index in [1.807, 2.05) is 0 Å². The summed E-state index contributed by atoms with van der Waals surface area (Å²) >= 11 is 11.1. The normalized spacial score (nSPS) is 14.1. The van der Waals surface area contributed by atoms with E-state index in [9.17, 15) is 18.3 Å². The lowest BCUT2D eigenvalue weighted by Gasteiger charge is -2.16. The summed E-state index contributed by atoms with van der Waals surface area (Å²) in [6.07, 6.45) is -5.88. The number of hydrogen-bond acceptors (Lipinski definition) is 1. The molecule has 0 spiro atoms. The summed E-state index contributed by atoms with van der Waals surface area (Å²) in [7, 11) is 0. The zero-order valence-electron chi connectivity index (χ0n) is 7.57. The topological polar surface area (TPSA) is 20.2 Å². The number of rotatable bonds is 1. The van der Waals surface area contributed by atoms with Crippen LogP contribution in [0.15, 0.2) is 12.1 Å². The highest BCUT2D eigenvalue weighted by molar-refractivity contribution is 6.35. The second kappa shape index (κ2) is 4.20. The van der Waals surface area contributed by atoms with Crippen molar-refractivity contribution in [3.63, 3.8) is 0 Å². The van der Waals surface area contributed by atoms with Crippen LogP contribution in [0.4, 0.5) is 13.2 Å².